The predicted molar refractivity (Wildman–Crippen MR) is 78.0 cm³/mol. The van der Waals surface area contributed by atoms with Gasteiger partial charge in [-0.1, -0.05) is 13.8 Å². The fourth-order valence-corrected chi connectivity index (χ4v) is 3.53. The van der Waals surface area contributed by atoms with Crippen LogP contribution >= 0.6 is 0 Å². The van der Waals surface area contributed by atoms with Crippen LogP contribution in [0, 0.1) is 11.8 Å². The van der Waals surface area contributed by atoms with Crippen molar-refractivity contribution in [3.8, 4) is 0 Å². The summed E-state index contributed by atoms with van der Waals surface area (Å²) in [5.74, 6) is 1.54. The topological polar surface area (TPSA) is 35.6 Å². The van der Waals surface area contributed by atoms with Crippen LogP contribution < -0.4 is 5.32 Å². The second kappa shape index (κ2) is 6.23. The van der Waals surface area contributed by atoms with Gasteiger partial charge in [0.2, 0.25) is 5.91 Å². The smallest absolute Gasteiger partial charge is 0.224 e. The molecule has 2 aliphatic heterocycles. The summed E-state index contributed by atoms with van der Waals surface area (Å²) in [6, 6.07) is 0.899. The summed E-state index contributed by atoms with van der Waals surface area (Å²) in [4.78, 5) is 16.8. The Kier molecular flexibility index (Phi) is 4.85. The van der Waals surface area contributed by atoms with E-state index in [9.17, 15) is 4.79 Å². The lowest BCUT2D eigenvalue weighted by Gasteiger charge is -2.31. The van der Waals surface area contributed by atoms with Crippen molar-refractivity contribution in [2.45, 2.75) is 45.2 Å². The summed E-state index contributed by atoms with van der Waals surface area (Å²) in [6.07, 6.45) is 3.17. The molecule has 2 fully saturated rings. The molecule has 0 bridgehead atoms. The number of amides is 1. The molecule has 2 aliphatic rings. The number of likely N-dealkylation sites (tertiary alicyclic amines) is 1. The molecule has 110 valence electrons. The van der Waals surface area contributed by atoms with Crippen molar-refractivity contribution >= 4 is 5.91 Å². The molecule has 2 rings (SSSR count). The molecule has 0 aliphatic carbocycles. The fourth-order valence-electron chi connectivity index (χ4n) is 3.53. The van der Waals surface area contributed by atoms with E-state index in [1.54, 1.807) is 0 Å². The normalized spacial score (nSPS) is 35.9. The molecule has 4 unspecified atom stereocenters. The Balaban J connectivity index is 1.87. The van der Waals surface area contributed by atoms with Crippen molar-refractivity contribution in [2.75, 3.05) is 33.7 Å². The maximum Gasteiger partial charge on any atom is 0.224 e. The van der Waals surface area contributed by atoms with Gasteiger partial charge < -0.3 is 15.1 Å². The molecule has 2 heterocycles. The highest BCUT2D eigenvalue weighted by Crippen LogP contribution is 2.23. The van der Waals surface area contributed by atoms with Gasteiger partial charge in [0.1, 0.15) is 0 Å². The maximum absolute atomic E-state index is 12.4. The van der Waals surface area contributed by atoms with Gasteiger partial charge in [-0.15, -0.1) is 0 Å². The molecular formula is C15H29N3O. The molecule has 1 amide bonds. The third kappa shape index (κ3) is 3.48. The molecule has 0 spiro atoms. The van der Waals surface area contributed by atoms with Crippen LogP contribution in [0.4, 0.5) is 0 Å². The van der Waals surface area contributed by atoms with Crippen molar-refractivity contribution in [2.24, 2.45) is 11.8 Å². The molecule has 0 aromatic heterocycles. The number of piperidine rings is 1. The average Bonchev–Trinajstić information content (AvgIpc) is 2.74. The van der Waals surface area contributed by atoms with Crippen LogP contribution in [0.5, 0.6) is 0 Å². The molecular weight excluding hydrogens is 238 g/mol. The van der Waals surface area contributed by atoms with E-state index in [-0.39, 0.29) is 0 Å². The van der Waals surface area contributed by atoms with Gasteiger partial charge in [-0.3, -0.25) is 4.79 Å². The van der Waals surface area contributed by atoms with E-state index < -0.39 is 0 Å². The summed E-state index contributed by atoms with van der Waals surface area (Å²) in [5.41, 5.74) is 0. The SMILES string of the molecule is CC1CCCNC1CC(=O)N1CC(C)C(N(C)C)C1. The second-order valence-electron chi connectivity index (χ2n) is 6.69. The molecule has 0 saturated carbocycles. The molecule has 0 aromatic carbocycles. The van der Waals surface area contributed by atoms with Crippen molar-refractivity contribution < 1.29 is 4.79 Å². The predicted octanol–water partition coefficient (Wildman–Crippen LogP) is 1.17. The molecule has 19 heavy (non-hydrogen) atoms. The lowest BCUT2D eigenvalue weighted by molar-refractivity contribution is -0.131. The van der Waals surface area contributed by atoms with Gasteiger partial charge in [-0.25, -0.2) is 0 Å². The van der Waals surface area contributed by atoms with Crippen LogP contribution in [0.2, 0.25) is 0 Å². The third-order valence-electron chi connectivity index (χ3n) is 4.91. The Morgan fingerprint density at radius 3 is 2.58 bits per heavy atom. The first-order chi connectivity index (χ1) is 8.99. The number of carbonyl (C=O) groups excluding carboxylic acids is 1. The van der Waals surface area contributed by atoms with E-state index in [1.165, 1.54) is 12.8 Å². The van der Waals surface area contributed by atoms with E-state index in [1.807, 2.05) is 0 Å². The van der Waals surface area contributed by atoms with E-state index in [2.05, 4.69) is 43.1 Å². The molecule has 4 nitrogen and oxygen atoms in total. The number of carbonyl (C=O) groups is 1. The van der Waals surface area contributed by atoms with Crippen molar-refractivity contribution in [1.29, 1.82) is 0 Å². The van der Waals surface area contributed by atoms with Crippen molar-refractivity contribution in [3.05, 3.63) is 0 Å². The second-order valence-corrected chi connectivity index (χ2v) is 6.69. The first kappa shape index (κ1) is 14.8. The van der Waals surface area contributed by atoms with Crippen LogP contribution in [0.3, 0.4) is 0 Å². The summed E-state index contributed by atoms with van der Waals surface area (Å²) < 4.78 is 0. The largest absolute Gasteiger partial charge is 0.341 e. The molecule has 0 aromatic rings. The Morgan fingerprint density at radius 2 is 2.00 bits per heavy atom. The number of nitrogens with zero attached hydrogens (tertiary/aromatic N) is 2. The number of nitrogens with one attached hydrogen (secondary N) is 1. The minimum atomic E-state index is 0.336. The first-order valence-electron chi connectivity index (χ1n) is 7.66. The highest BCUT2D eigenvalue weighted by atomic mass is 16.2. The van der Waals surface area contributed by atoms with Crippen LogP contribution in [-0.2, 0) is 4.79 Å². The van der Waals surface area contributed by atoms with Gasteiger partial charge in [0.05, 0.1) is 0 Å². The minimum Gasteiger partial charge on any atom is -0.341 e. The van der Waals surface area contributed by atoms with Gasteiger partial charge >= 0.3 is 0 Å². The number of hydrogen-bond acceptors (Lipinski definition) is 3. The van der Waals surface area contributed by atoms with Crippen molar-refractivity contribution in [1.82, 2.24) is 15.1 Å². The summed E-state index contributed by atoms with van der Waals surface area (Å²) in [7, 11) is 4.22. The maximum atomic E-state index is 12.4. The Hall–Kier alpha value is -0.610. The van der Waals surface area contributed by atoms with E-state index in [0.717, 1.165) is 19.6 Å². The molecule has 2 saturated heterocycles. The Morgan fingerprint density at radius 1 is 1.26 bits per heavy atom. The number of rotatable bonds is 3. The summed E-state index contributed by atoms with van der Waals surface area (Å²) >= 11 is 0. The van der Waals surface area contributed by atoms with Gasteiger partial charge in [-0.05, 0) is 45.3 Å². The monoisotopic (exact) mass is 267 g/mol. The van der Waals surface area contributed by atoms with Crippen LogP contribution in [-0.4, -0.2) is 61.5 Å². The zero-order valence-corrected chi connectivity index (χ0v) is 12.9. The van der Waals surface area contributed by atoms with Gasteiger partial charge in [0, 0.05) is 31.6 Å². The van der Waals surface area contributed by atoms with E-state index in [0.29, 0.717) is 36.2 Å². The van der Waals surface area contributed by atoms with Gasteiger partial charge in [0.25, 0.3) is 0 Å². The lowest BCUT2D eigenvalue weighted by atomic mass is 9.90. The average molecular weight is 267 g/mol. The molecule has 0 radical (unpaired) electrons. The highest BCUT2D eigenvalue weighted by Gasteiger charge is 2.35. The van der Waals surface area contributed by atoms with Crippen molar-refractivity contribution in [3.63, 3.8) is 0 Å². The third-order valence-corrected chi connectivity index (χ3v) is 4.91. The Bertz CT molecular complexity index is 319. The standard InChI is InChI=1S/C15H29N3O/c1-11-6-5-7-16-13(11)8-15(19)18-9-12(2)14(10-18)17(3)4/h11-14,16H,5-10H2,1-4H3. The summed E-state index contributed by atoms with van der Waals surface area (Å²) in [6.45, 7) is 7.40. The van der Waals surface area contributed by atoms with E-state index in [4.69, 9.17) is 0 Å². The fraction of sp³-hybridized carbons (Fsp3) is 0.933. The minimum absolute atomic E-state index is 0.336. The zero-order valence-electron chi connectivity index (χ0n) is 12.9. The Labute approximate surface area is 117 Å². The van der Waals surface area contributed by atoms with Crippen LogP contribution in [0.15, 0.2) is 0 Å². The molecule has 4 heteroatoms. The first-order valence-corrected chi connectivity index (χ1v) is 7.66. The van der Waals surface area contributed by atoms with E-state index >= 15 is 0 Å². The zero-order chi connectivity index (χ0) is 14.0. The van der Waals surface area contributed by atoms with Crippen LogP contribution in [0.25, 0.3) is 0 Å². The van der Waals surface area contributed by atoms with Crippen LogP contribution in [0.1, 0.15) is 33.1 Å². The van der Waals surface area contributed by atoms with Gasteiger partial charge in [0.15, 0.2) is 0 Å². The summed E-state index contributed by atoms with van der Waals surface area (Å²) in [5, 5.41) is 3.51. The highest BCUT2D eigenvalue weighted by molar-refractivity contribution is 5.77. The quantitative estimate of drug-likeness (QED) is 0.834. The molecule has 4 atom stereocenters. The number of likely N-dealkylation sites (N-methyl/N-ethyl adjacent to an activating group) is 1. The van der Waals surface area contributed by atoms with Gasteiger partial charge in [-0.2, -0.15) is 0 Å². The molecule has 1 N–H and O–H groups in total. The lowest BCUT2D eigenvalue weighted by Crippen LogP contribution is -2.44. The number of hydrogen-bond donors (Lipinski definition) is 1.